The molecule has 3 N–H and O–H groups in total. The fourth-order valence-electron chi connectivity index (χ4n) is 7.89. The number of benzene rings is 4. The number of fused-ring (bicyclic) bond motifs is 8. The van der Waals surface area contributed by atoms with Crippen LogP contribution >= 0.6 is 0 Å². The van der Waals surface area contributed by atoms with Crippen LogP contribution in [0.3, 0.4) is 0 Å². The van der Waals surface area contributed by atoms with Crippen LogP contribution in [0.1, 0.15) is 64.2 Å². The average Bonchev–Trinajstić information content (AvgIpc) is 4.19. The molecule has 0 aliphatic carbocycles. The third-order valence-electron chi connectivity index (χ3n) is 10.9. The van der Waals surface area contributed by atoms with Crippen molar-refractivity contribution in [3.8, 4) is 44.5 Å². The molecule has 8 bridgehead atoms. The highest BCUT2D eigenvalue weighted by atomic mass is 17.2. The summed E-state index contributed by atoms with van der Waals surface area (Å²) in [6.07, 6.45) is 7.59. The highest BCUT2D eigenvalue weighted by molar-refractivity contribution is 6.01. The van der Waals surface area contributed by atoms with Crippen molar-refractivity contribution in [3.05, 3.63) is 166 Å². The number of aromatic carboxylic acids is 1. The van der Waals surface area contributed by atoms with Crippen LogP contribution in [0.4, 0.5) is 0 Å². The van der Waals surface area contributed by atoms with Crippen LogP contribution in [-0.4, -0.2) is 70.2 Å². The number of aromatic nitrogens is 4. The molecule has 0 atom stereocenters. The third kappa shape index (κ3) is 8.26. The number of rotatable bonds is 11. The second-order valence-electron chi connectivity index (χ2n) is 14.7. The molecule has 9 rings (SSSR count). The number of carbonyl (C=O) groups excluding carboxylic acids is 3. The minimum atomic E-state index is -1.06. The fraction of sp³-hybridized carbons (Fsp3) is 0.0588. The Labute approximate surface area is 374 Å². The van der Waals surface area contributed by atoms with Crippen LogP contribution in [0.15, 0.2) is 121 Å². The van der Waals surface area contributed by atoms with E-state index < -0.39 is 23.9 Å². The fourth-order valence-corrected chi connectivity index (χ4v) is 7.89. The van der Waals surface area contributed by atoms with E-state index in [2.05, 4.69) is 24.6 Å². The van der Waals surface area contributed by atoms with Crippen LogP contribution in [0.2, 0.25) is 0 Å². The first-order chi connectivity index (χ1) is 32.1. The average molecular weight is 881 g/mol. The first-order valence-corrected chi connectivity index (χ1v) is 20.2. The zero-order valence-corrected chi connectivity index (χ0v) is 35.3. The summed E-state index contributed by atoms with van der Waals surface area (Å²) < 4.78 is 0. The second kappa shape index (κ2) is 18.1. The summed E-state index contributed by atoms with van der Waals surface area (Å²) in [5.41, 5.74) is 11.6. The van der Waals surface area contributed by atoms with E-state index in [9.17, 15) is 24.3 Å². The molecule has 0 amide bonds. The largest absolute Gasteiger partial charge is 0.478 e. The van der Waals surface area contributed by atoms with E-state index in [0.29, 0.717) is 72.7 Å². The minimum absolute atomic E-state index is 0.124. The van der Waals surface area contributed by atoms with Crippen LogP contribution in [0, 0.1) is 0 Å². The third-order valence-corrected chi connectivity index (χ3v) is 10.9. The maximum atomic E-state index is 12.6. The molecule has 0 fully saturated rings. The Morgan fingerprint density at radius 3 is 0.848 bits per heavy atom. The van der Waals surface area contributed by atoms with Crippen molar-refractivity contribution in [3.63, 3.8) is 0 Å². The van der Waals surface area contributed by atoms with Crippen molar-refractivity contribution in [1.29, 1.82) is 0 Å². The van der Waals surface area contributed by atoms with Gasteiger partial charge in [-0.2, -0.15) is 14.7 Å². The molecule has 326 valence electrons. The number of carboxylic acid groups (broad SMARTS) is 1. The van der Waals surface area contributed by atoms with E-state index in [1.807, 2.05) is 48.6 Å². The highest BCUT2D eigenvalue weighted by Crippen LogP contribution is 2.39. The Kier molecular flexibility index (Phi) is 11.7. The van der Waals surface area contributed by atoms with Gasteiger partial charge < -0.3 is 15.1 Å². The molecule has 0 radical (unpaired) electrons. The molecule has 0 spiro atoms. The predicted octanol–water partition coefficient (Wildman–Crippen LogP) is 10.2. The summed E-state index contributed by atoms with van der Waals surface area (Å²) in [4.78, 5) is 95.5. The number of nitrogens with zero attached hydrogens (tertiary/aromatic N) is 2. The van der Waals surface area contributed by atoms with Gasteiger partial charge >= 0.3 is 23.9 Å². The second-order valence-corrected chi connectivity index (χ2v) is 14.7. The highest BCUT2D eigenvalue weighted by Gasteiger charge is 2.21. The number of carboxylic acids is 1. The van der Waals surface area contributed by atoms with Crippen molar-refractivity contribution < 1.29 is 53.6 Å². The first kappa shape index (κ1) is 42.5. The van der Waals surface area contributed by atoms with E-state index in [0.717, 1.165) is 16.7 Å². The Morgan fingerprint density at radius 2 is 0.621 bits per heavy atom. The Bertz CT molecular complexity index is 3240. The van der Waals surface area contributed by atoms with Gasteiger partial charge in [0, 0.05) is 44.3 Å². The number of hydrogen-bond donors (Lipinski definition) is 3. The van der Waals surface area contributed by atoms with Gasteiger partial charge in [-0.15, -0.1) is 0 Å². The van der Waals surface area contributed by atoms with Crippen LogP contribution < -0.4 is 0 Å². The molecule has 15 nitrogen and oxygen atoms in total. The van der Waals surface area contributed by atoms with Crippen molar-refractivity contribution in [2.24, 2.45) is 0 Å². The zero-order chi connectivity index (χ0) is 45.9. The zero-order valence-electron chi connectivity index (χ0n) is 35.3. The Balaban J connectivity index is 1.38. The smallest absolute Gasteiger partial charge is 0.373 e. The number of hydrogen-bond acceptors (Lipinski definition) is 12. The summed E-state index contributed by atoms with van der Waals surface area (Å²) in [7, 11) is 3.76. The molecule has 5 heterocycles. The molecule has 2 aliphatic rings. The summed E-state index contributed by atoms with van der Waals surface area (Å²) in [6.45, 7) is 0. The monoisotopic (exact) mass is 880 g/mol. The van der Waals surface area contributed by atoms with Gasteiger partial charge in [0.15, 0.2) is 0 Å². The van der Waals surface area contributed by atoms with Gasteiger partial charge in [-0.1, -0.05) is 48.5 Å². The van der Waals surface area contributed by atoms with Crippen LogP contribution in [-0.2, 0) is 29.3 Å². The lowest BCUT2D eigenvalue weighted by Crippen LogP contribution is -2.03. The summed E-state index contributed by atoms with van der Waals surface area (Å²) in [6, 6.07) is 34.8. The maximum absolute atomic E-state index is 12.6. The van der Waals surface area contributed by atoms with Crippen molar-refractivity contribution in [2.75, 3.05) is 21.3 Å². The lowest BCUT2D eigenvalue weighted by Gasteiger charge is -2.08. The lowest BCUT2D eigenvalue weighted by atomic mass is 10.0. The minimum Gasteiger partial charge on any atom is -0.478 e. The SMILES string of the molecule is COOC(=O)c1ccc(-c2c3nc(c(-c4ccc(C(=O)OOC)cc4)c4ccc([nH]4)c(-c4ccc(C(=O)OOC)cc4)c4nc(c(-c5ccc(C(=O)O)cc5)c5ccc2[nH]5)C=C4)C=C3)cc1. The number of nitrogens with one attached hydrogen (secondary N) is 2. The van der Waals surface area contributed by atoms with Crippen molar-refractivity contribution in [2.45, 2.75) is 0 Å². The van der Waals surface area contributed by atoms with E-state index >= 15 is 0 Å². The Morgan fingerprint density at radius 1 is 0.379 bits per heavy atom. The van der Waals surface area contributed by atoms with E-state index in [-0.39, 0.29) is 22.3 Å². The molecule has 0 saturated heterocycles. The lowest BCUT2D eigenvalue weighted by molar-refractivity contribution is -0.216. The molecule has 0 saturated carbocycles. The van der Waals surface area contributed by atoms with Crippen molar-refractivity contribution >= 4 is 70.2 Å². The van der Waals surface area contributed by atoms with Gasteiger partial charge in [-0.25, -0.2) is 29.1 Å². The van der Waals surface area contributed by atoms with Gasteiger partial charge in [-0.05, 0) is 119 Å². The first-order valence-electron chi connectivity index (χ1n) is 20.2. The quantitative estimate of drug-likeness (QED) is 0.0819. The molecule has 0 unspecified atom stereocenters. The number of aromatic amines is 2. The topological polar surface area (TPSA) is 201 Å². The van der Waals surface area contributed by atoms with Gasteiger partial charge in [0.2, 0.25) is 0 Å². The standard InChI is InChI=1S/C51H36N4O11/c1-61-64-49(58)33-14-6-29(7-15-33)45-38-22-20-36(52-38)44(28-4-12-32(13-5-28)48(56)57)37-21-23-39(53-37)46(30-8-16-34(17-9-30)50(59)65-62-2)41-25-27-43(55-41)47(42-26-24-40(45)54-42)31-10-18-35(19-11-31)51(60)66-63-3/h4-27,52,55H,1-3H3,(H,56,57). The summed E-state index contributed by atoms with van der Waals surface area (Å²) in [5.74, 6) is -3.03. The normalized spacial score (nSPS) is 11.6. The van der Waals surface area contributed by atoms with E-state index in [4.69, 9.17) is 24.6 Å². The van der Waals surface area contributed by atoms with Gasteiger partial charge in [0.1, 0.15) is 0 Å². The summed E-state index contributed by atoms with van der Waals surface area (Å²) in [5, 5.41) is 9.75. The van der Waals surface area contributed by atoms with Crippen LogP contribution in [0.25, 0.3) is 90.9 Å². The molecular formula is C51H36N4O11. The van der Waals surface area contributed by atoms with E-state index in [1.165, 1.54) is 21.3 Å². The molecule has 7 aromatic rings. The molecule has 2 aliphatic heterocycles. The van der Waals surface area contributed by atoms with Gasteiger partial charge in [-0.3, -0.25) is 14.7 Å². The Hall–Kier alpha value is -8.76. The number of H-pyrrole nitrogens is 2. The maximum Gasteiger partial charge on any atom is 0.373 e. The molecule has 3 aromatic heterocycles. The summed E-state index contributed by atoms with van der Waals surface area (Å²) >= 11 is 0. The molecule has 4 aromatic carbocycles. The molecular weight excluding hydrogens is 845 g/mol. The molecule has 66 heavy (non-hydrogen) atoms. The van der Waals surface area contributed by atoms with E-state index in [1.54, 1.807) is 97.1 Å². The molecule has 15 heteroatoms. The predicted molar refractivity (Wildman–Crippen MR) is 245 cm³/mol. The van der Waals surface area contributed by atoms with Crippen molar-refractivity contribution in [1.82, 2.24) is 19.9 Å². The van der Waals surface area contributed by atoms with Crippen LogP contribution in [0.5, 0.6) is 0 Å². The van der Waals surface area contributed by atoms with Gasteiger partial charge in [0.05, 0.1) is 66.4 Å². The van der Waals surface area contributed by atoms with Gasteiger partial charge in [0.25, 0.3) is 0 Å². The number of carbonyl (C=O) groups is 4.